The molecule has 2 fully saturated rings. The van der Waals surface area contributed by atoms with Gasteiger partial charge in [0.15, 0.2) is 0 Å². The molecule has 0 aliphatic carbocycles. The quantitative estimate of drug-likeness (QED) is 0.608. The van der Waals surface area contributed by atoms with Crippen LogP contribution in [0.3, 0.4) is 0 Å². The van der Waals surface area contributed by atoms with Crippen molar-refractivity contribution in [2.75, 3.05) is 77.6 Å². The van der Waals surface area contributed by atoms with Gasteiger partial charge < -0.3 is 24.6 Å². The highest BCUT2D eigenvalue weighted by Gasteiger charge is 2.43. The molecule has 2 amide bonds. The lowest BCUT2D eigenvalue weighted by atomic mass is 9.82. The van der Waals surface area contributed by atoms with E-state index in [-0.39, 0.29) is 30.8 Å². The molecular weight excluding hydrogens is 453 g/mol. The molecule has 3 aliphatic heterocycles. The molecule has 0 saturated carbocycles. The topological polar surface area (TPSA) is 74.4 Å². The first-order valence-electron chi connectivity index (χ1n) is 11.6. The van der Waals surface area contributed by atoms with Crippen molar-refractivity contribution in [3.05, 3.63) is 29.3 Å². The predicted molar refractivity (Wildman–Crippen MR) is 118 cm³/mol. The van der Waals surface area contributed by atoms with E-state index in [2.05, 4.69) is 5.32 Å². The summed E-state index contributed by atoms with van der Waals surface area (Å²) in [6.07, 6.45) is -4.23. The number of amides is 2. The number of benzene rings is 1. The fraction of sp³-hybridized carbons (Fsp3) is 0.652. The number of morpholine rings is 1. The van der Waals surface area contributed by atoms with Crippen LogP contribution in [-0.4, -0.2) is 100 Å². The van der Waals surface area contributed by atoms with Crippen LogP contribution >= 0.6 is 0 Å². The van der Waals surface area contributed by atoms with E-state index in [0.29, 0.717) is 64.7 Å². The van der Waals surface area contributed by atoms with E-state index in [1.807, 2.05) is 9.80 Å². The average molecular weight is 485 g/mol. The zero-order valence-electron chi connectivity index (χ0n) is 19.3. The fourth-order valence-corrected chi connectivity index (χ4v) is 5.01. The number of methoxy groups -OCH3 is 1. The summed E-state index contributed by atoms with van der Waals surface area (Å²) in [5.74, 6) is -0.713. The number of nitrogens with one attached hydrogen (secondary N) is 1. The maximum atomic E-state index is 13.3. The summed E-state index contributed by atoms with van der Waals surface area (Å²) >= 11 is 0. The van der Waals surface area contributed by atoms with Crippen molar-refractivity contribution < 1.29 is 32.2 Å². The Morgan fingerprint density at radius 2 is 1.94 bits per heavy atom. The van der Waals surface area contributed by atoms with Crippen molar-refractivity contribution in [1.29, 1.82) is 0 Å². The lowest BCUT2D eigenvalue weighted by molar-refractivity contribution is -0.138. The molecule has 1 aromatic carbocycles. The van der Waals surface area contributed by atoms with Gasteiger partial charge in [-0.3, -0.25) is 14.5 Å². The van der Waals surface area contributed by atoms with E-state index in [4.69, 9.17) is 9.47 Å². The van der Waals surface area contributed by atoms with E-state index >= 15 is 0 Å². The molecule has 1 aromatic rings. The van der Waals surface area contributed by atoms with E-state index in [1.54, 1.807) is 4.90 Å². The molecule has 2 atom stereocenters. The second kappa shape index (κ2) is 10.5. The number of ether oxygens (including phenoxy) is 2. The molecule has 8 nitrogen and oxygen atoms in total. The molecule has 0 spiro atoms. The SMILES string of the molecule is COCCNC(=O)C1Cc2cc(C(F)(F)F)ccc2N2CCN(CC(=O)N3CCOCC3)CC12. The molecule has 34 heavy (non-hydrogen) atoms. The lowest BCUT2D eigenvalue weighted by Gasteiger charge is -2.49. The van der Waals surface area contributed by atoms with Gasteiger partial charge in [-0.2, -0.15) is 13.2 Å². The van der Waals surface area contributed by atoms with Gasteiger partial charge >= 0.3 is 6.18 Å². The number of hydrogen-bond acceptors (Lipinski definition) is 6. The summed E-state index contributed by atoms with van der Waals surface area (Å²) in [6, 6.07) is 3.54. The van der Waals surface area contributed by atoms with Gasteiger partial charge in [-0.25, -0.2) is 0 Å². The third-order valence-electron chi connectivity index (χ3n) is 6.79. The third kappa shape index (κ3) is 5.47. The number of fused-ring (bicyclic) bond motifs is 3. The Bertz CT molecular complexity index is 891. The van der Waals surface area contributed by atoms with Crippen LogP contribution in [0, 0.1) is 5.92 Å². The largest absolute Gasteiger partial charge is 0.416 e. The number of alkyl halides is 3. The van der Waals surface area contributed by atoms with Gasteiger partial charge in [0.2, 0.25) is 11.8 Å². The van der Waals surface area contributed by atoms with Crippen LogP contribution in [0.25, 0.3) is 0 Å². The average Bonchev–Trinajstić information content (AvgIpc) is 2.83. The smallest absolute Gasteiger partial charge is 0.383 e. The molecule has 0 radical (unpaired) electrons. The third-order valence-corrected chi connectivity index (χ3v) is 6.79. The summed E-state index contributed by atoms with van der Waals surface area (Å²) < 4.78 is 50.3. The van der Waals surface area contributed by atoms with Crippen molar-refractivity contribution in [3.8, 4) is 0 Å². The minimum Gasteiger partial charge on any atom is -0.383 e. The Morgan fingerprint density at radius 1 is 1.18 bits per heavy atom. The number of halogens is 3. The Morgan fingerprint density at radius 3 is 2.65 bits per heavy atom. The van der Waals surface area contributed by atoms with Crippen LogP contribution in [0.15, 0.2) is 18.2 Å². The number of carbonyl (C=O) groups excluding carboxylic acids is 2. The van der Waals surface area contributed by atoms with E-state index in [0.717, 1.165) is 17.8 Å². The second-order valence-corrected chi connectivity index (χ2v) is 8.92. The number of anilines is 1. The highest BCUT2D eigenvalue weighted by molar-refractivity contribution is 5.82. The van der Waals surface area contributed by atoms with Gasteiger partial charge in [0.1, 0.15) is 0 Å². The van der Waals surface area contributed by atoms with Crippen LogP contribution in [0.1, 0.15) is 11.1 Å². The number of hydrogen-bond donors (Lipinski definition) is 1. The van der Waals surface area contributed by atoms with Gasteiger partial charge in [-0.1, -0.05) is 0 Å². The predicted octanol–water partition coefficient (Wildman–Crippen LogP) is 0.990. The Labute approximate surface area is 196 Å². The van der Waals surface area contributed by atoms with Crippen molar-refractivity contribution in [1.82, 2.24) is 15.1 Å². The molecule has 0 bridgehead atoms. The van der Waals surface area contributed by atoms with Crippen molar-refractivity contribution in [2.45, 2.75) is 18.6 Å². The first kappa shape index (κ1) is 24.7. The Hall–Kier alpha value is -2.37. The molecule has 3 heterocycles. The summed E-state index contributed by atoms with van der Waals surface area (Å²) in [5, 5.41) is 2.85. The molecule has 188 valence electrons. The maximum Gasteiger partial charge on any atom is 0.416 e. The second-order valence-electron chi connectivity index (χ2n) is 8.92. The molecular formula is C23H31F3N4O4. The van der Waals surface area contributed by atoms with E-state index < -0.39 is 17.7 Å². The molecule has 2 saturated heterocycles. The standard InChI is InChI=1S/C23H31F3N4O4/c1-33-9-4-27-22(32)18-13-16-12-17(23(24,25)26)2-3-19(16)30-6-5-28(14-20(18)30)15-21(31)29-7-10-34-11-8-29/h2-3,12,18,20H,4-11,13-15H2,1H3,(H,27,32). The van der Waals surface area contributed by atoms with E-state index in [1.165, 1.54) is 13.2 Å². The van der Waals surface area contributed by atoms with Crippen molar-refractivity contribution >= 4 is 17.5 Å². The number of carbonyl (C=O) groups is 2. The van der Waals surface area contributed by atoms with Gasteiger partial charge in [0.25, 0.3) is 0 Å². The van der Waals surface area contributed by atoms with Gasteiger partial charge in [0.05, 0.1) is 43.9 Å². The van der Waals surface area contributed by atoms with Crippen LogP contribution in [0.2, 0.25) is 0 Å². The van der Waals surface area contributed by atoms with Gasteiger partial charge in [-0.15, -0.1) is 0 Å². The van der Waals surface area contributed by atoms with Crippen molar-refractivity contribution in [2.24, 2.45) is 5.92 Å². The monoisotopic (exact) mass is 484 g/mol. The van der Waals surface area contributed by atoms with Crippen LogP contribution in [0.5, 0.6) is 0 Å². The van der Waals surface area contributed by atoms with Crippen molar-refractivity contribution in [3.63, 3.8) is 0 Å². The molecule has 11 heteroatoms. The maximum absolute atomic E-state index is 13.3. The molecule has 3 aliphatic rings. The zero-order chi connectivity index (χ0) is 24.3. The van der Waals surface area contributed by atoms with Gasteiger partial charge in [0, 0.05) is 52.1 Å². The first-order chi connectivity index (χ1) is 16.3. The first-order valence-corrected chi connectivity index (χ1v) is 11.6. The number of nitrogens with zero attached hydrogens (tertiary/aromatic N) is 3. The Balaban J connectivity index is 1.53. The number of piperazine rings is 1. The molecule has 2 unspecified atom stereocenters. The van der Waals surface area contributed by atoms with Crippen LogP contribution in [-0.2, 0) is 31.7 Å². The highest BCUT2D eigenvalue weighted by Crippen LogP contribution is 2.39. The normalized spacial score (nSPS) is 23.3. The minimum atomic E-state index is -4.44. The van der Waals surface area contributed by atoms with Crippen LogP contribution < -0.4 is 10.2 Å². The summed E-state index contributed by atoms with van der Waals surface area (Å²) in [6.45, 7) is 4.73. The van der Waals surface area contributed by atoms with Crippen LogP contribution in [0.4, 0.5) is 18.9 Å². The summed E-state index contributed by atoms with van der Waals surface area (Å²) in [7, 11) is 1.54. The summed E-state index contributed by atoms with van der Waals surface area (Å²) in [5.41, 5.74) is 0.548. The molecule has 0 aromatic heterocycles. The molecule has 4 rings (SSSR count). The Kier molecular flexibility index (Phi) is 7.63. The highest BCUT2D eigenvalue weighted by atomic mass is 19.4. The molecule has 1 N–H and O–H groups in total. The minimum absolute atomic E-state index is 0.0314. The fourth-order valence-electron chi connectivity index (χ4n) is 5.01. The van der Waals surface area contributed by atoms with Gasteiger partial charge in [-0.05, 0) is 30.2 Å². The lowest BCUT2D eigenvalue weighted by Crippen LogP contribution is -2.62. The summed E-state index contributed by atoms with van der Waals surface area (Å²) in [4.78, 5) is 31.7. The number of rotatable bonds is 6. The van der Waals surface area contributed by atoms with E-state index in [9.17, 15) is 22.8 Å². The zero-order valence-corrected chi connectivity index (χ0v) is 19.3.